The number of rotatable bonds is 4. The van der Waals surface area contributed by atoms with Gasteiger partial charge in [0.25, 0.3) is 0 Å². The van der Waals surface area contributed by atoms with E-state index in [1.54, 1.807) is 11.3 Å². The fourth-order valence-electron chi connectivity index (χ4n) is 2.23. The molecule has 1 unspecified atom stereocenters. The van der Waals surface area contributed by atoms with Crippen molar-refractivity contribution in [3.63, 3.8) is 0 Å². The molecule has 100 valence electrons. The molecule has 0 aliphatic carbocycles. The van der Waals surface area contributed by atoms with E-state index in [0.29, 0.717) is 5.92 Å². The van der Waals surface area contributed by atoms with Gasteiger partial charge in [-0.3, -0.25) is 4.79 Å². The molecule has 0 radical (unpaired) electrons. The molecule has 2 heterocycles. The predicted octanol–water partition coefficient (Wildman–Crippen LogP) is 2.70. The van der Waals surface area contributed by atoms with Crippen molar-refractivity contribution in [1.82, 2.24) is 4.98 Å². The van der Waals surface area contributed by atoms with Crippen LogP contribution in [0.4, 0.5) is 0 Å². The van der Waals surface area contributed by atoms with Gasteiger partial charge in [-0.05, 0) is 19.3 Å². The third kappa shape index (κ3) is 2.90. The fraction of sp³-hybridized carbons (Fsp3) is 0.692. The van der Waals surface area contributed by atoms with Crippen LogP contribution in [0.25, 0.3) is 0 Å². The van der Waals surface area contributed by atoms with Gasteiger partial charge < -0.3 is 9.47 Å². The quantitative estimate of drug-likeness (QED) is 0.789. The van der Waals surface area contributed by atoms with E-state index in [2.05, 4.69) is 10.4 Å². The summed E-state index contributed by atoms with van der Waals surface area (Å²) in [6, 6.07) is 0. The van der Waals surface area contributed by atoms with Crippen LogP contribution in [0.15, 0.2) is 5.38 Å². The molecule has 0 amide bonds. The number of hydrogen-bond donors (Lipinski definition) is 0. The van der Waals surface area contributed by atoms with Crippen molar-refractivity contribution >= 4 is 17.3 Å². The summed E-state index contributed by atoms with van der Waals surface area (Å²) in [5.41, 5.74) is 1.11. The van der Waals surface area contributed by atoms with Crippen LogP contribution in [0.5, 0.6) is 0 Å². The molecule has 4 nitrogen and oxygen atoms in total. The van der Waals surface area contributed by atoms with E-state index < -0.39 is 0 Å². The zero-order valence-corrected chi connectivity index (χ0v) is 11.7. The monoisotopic (exact) mass is 269 g/mol. The Bertz CT molecular complexity index is 399. The lowest BCUT2D eigenvalue weighted by Gasteiger charge is -2.20. The summed E-state index contributed by atoms with van der Waals surface area (Å²) < 4.78 is 10.2. The van der Waals surface area contributed by atoms with Crippen molar-refractivity contribution in [3.05, 3.63) is 16.1 Å². The van der Waals surface area contributed by atoms with Crippen LogP contribution < -0.4 is 0 Å². The van der Waals surface area contributed by atoms with E-state index >= 15 is 0 Å². The zero-order chi connectivity index (χ0) is 13.0. The molecule has 5 heteroatoms. The maximum Gasteiger partial charge on any atom is 0.315 e. The van der Waals surface area contributed by atoms with Gasteiger partial charge >= 0.3 is 5.97 Å². The van der Waals surface area contributed by atoms with E-state index in [4.69, 9.17) is 9.47 Å². The van der Waals surface area contributed by atoms with Gasteiger partial charge in [0, 0.05) is 24.5 Å². The Balaban J connectivity index is 2.10. The van der Waals surface area contributed by atoms with E-state index in [0.717, 1.165) is 43.2 Å². The number of ether oxygens (including phenoxy) is 2. The molecule has 1 atom stereocenters. The van der Waals surface area contributed by atoms with Crippen molar-refractivity contribution < 1.29 is 14.3 Å². The van der Waals surface area contributed by atoms with Gasteiger partial charge in [0.15, 0.2) is 0 Å². The van der Waals surface area contributed by atoms with Gasteiger partial charge in [-0.2, -0.15) is 0 Å². The highest BCUT2D eigenvalue weighted by Crippen LogP contribution is 2.31. The Morgan fingerprint density at radius 3 is 2.94 bits per heavy atom. The highest BCUT2D eigenvalue weighted by atomic mass is 32.1. The smallest absolute Gasteiger partial charge is 0.315 e. The number of carbonyl (C=O) groups is 1. The molecule has 0 bridgehead atoms. The summed E-state index contributed by atoms with van der Waals surface area (Å²) in [6.07, 6.45) is 2.78. The number of aromatic nitrogens is 1. The van der Waals surface area contributed by atoms with Crippen LogP contribution in [0, 0.1) is 0 Å². The molecule has 0 spiro atoms. The second-order valence-corrected chi connectivity index (χ2v) is 5.37. The van der Waals surface area contributed by atoms with Crippen LogP contribution in [-0.2, 0) is 14.3 Å². The summed E-state index contributed by atoms with van der Waals surface area (Å²) in [5, 5.41) is 2.96. The summed E-state index contributed by atoms with van der Waals surface area (Å²) in [4.78, 5) is 16.3. The second kappa shape index (κ2) is 6.29. The summed E-state index contributed by atoms with van der Waals surface area (Å²) in [6.45, 7) is 3.61. The van der Waals surface area contributed by atoms with Crippen molar-refractivity contribution in [3.8, 4) is 0 Å². The van der Waals surface area contributed by atoms with E-state index in [1.165, 1.54) is 7.11 Å². The molecule has 1 aliphatic rings. The summed E-state index contributed by atoms with van der Waals surface area (Å²) in [7, 11) is 1.43. The molecule has 1 aliphatic heterocycles. The number of esters is 1. The van der Waals surface area contributed by atoms with Crippen molar-refractivity contribution in [2.75, 3.05) is 20.3 Å². The summed E-state index contributed by atoms with van der Waals surface area (Å²) >= 11 is 1.57. The minimum Gasteiger partial charge on any atom is -0.468 e. The number of methoxy groups -OCH3 is 1. The average molecular weight is 269 g/mol. The SMILES string of the molecule is CCC(C(=O)OC)c1nc(C2CCOCC2)cs1. The molecular weight excluding hydrogens is 250 g/mol. The maximum absolute atomic E-state index is 11.7. The number of thiazole rings is 1. The minimum absolute atomic E-state index is 0.189. The highest BCUT2D eigenvalue weighted by molar-refractivity contribution is 7.09. The van der Waals surface area contributed by atoms with E-state index in [9.17, 15) is 4.79 Å². The molecular formula is C13H19NO3S. The first-order valence-corrected chi connectivity index (χ1v) is 7.25. The molecule has 0 N–H and O–H groups in total. The Morgan fingerprint density at radius 1 is 1.61 bits per heavy atom. The van der Waals surface area contributed by atoms with E-state index in [-0.39, 0.29) is 11.9 Å². The number of carbonyl (C=O) groups excluding carboxylic acids is 1. The van der Waals surface area contributed by atoms with Gasteiger partial charge in [-0.1, -0.05) is 6.92 Å². The molecule has 0 aromatic carbocycles. The van der Waals surface area contributed by atoms with Crippen molar-refractivity contribution in [1.29, 1.82) is 0 Å². The van der Waals surface area contributed by atoms with Crippen LogP contribution >= 0.6 is 11.3 Å². The van der Waals surface area contributed by atoms with Crippen molar-refractivity contribution in [2.45, 2.75) is 38.0 Å². The minimum atomic E-state index is -0.214. The predicted molar refractivity (Wildman–Crippen MR) is 70.0 cm³/mol. The van der Waals surface area contributed by atoms with Gasteiger partial charge in [0.05, 0.1) is 12.8 Å². The largest absolute Gasteiger partial charge is 0.468 e. The van der Waals surface area contributed by atoms with Gasteiger partial charge in [0.1, 0.15) is 10.9 Å². The van der Waals surface area contributed by atoms with Crippen LogP contribution in [0.2, 0.25) is 0 Å². The lowest BCUT2D eigenvalue weighted by Crippen LogP contribution is -2.16. The number of nitrogens with zero attached hydrogens (tertiary/aromatic N) is 1. The van der Waals surface area contributed by atoms with Crippen LogP contribution in [0.3, 0.4) is 0 Å². The molecule has 1 saturated heterocycles. The second-order valence-electron chi connectivity index (χ2n) is 4.48. The van der Waals surface area contributed by atoms with Gasteiger partial charge in [-0.25, -0.2) is 4.98 Å². The van der Waals surface area contributed by atoms with Gasteiger partial charge in [-0.15, -0.1) is 11.3 Å². The fourth-order valence-corrected chi connectivity index (χ4v) is 3.30. The van der Waals surface area contributed by atoms with Crippen LogP contribution in [0.1, 0.15) is 48.7 Å². The Morgan fingerprint density at radius 2 is 2.33 bits per heavy atom. The Labute approximate surface area is 111 Å². The first kappa shape index (κ1) is 13.5. The molecule has 1 fully saturated rings. The topological polar surface area (TPSA) is 48.4 Å². The molecule has 0 saturated carbocycles. The summed E-state index contributed by atoms with van der Waals surface area (Å²) in [5.74, 6) is 0.0814. The molecule has 18 heavy (non-hydrogen) atoms. The molecule has 2 rings (SSSR count). The van der Waals surface area contributed by atoms with E-state index in [1.807, 2.05) is 6.92 Å². The first-order valence-electron chi connectivity index (χ1n) is 6.37. The normalized spacial score (nSPS) is 18.6. The lowest BCUT2D eigenvalue weighted by molar-refractivity contribution is -0.142. The Hall–Kier alpha value is -0.940. The molecule has 1 aromatic heterocycles. The van der Waals surface area contributed by atoms with Crippen LogP contribution in [-0.4, -0.2) is 31.3 Å². The van der Waals surface area contributed by atoms with Crippen molar-refractivity contribution in [2.24, 2.45) is 0 Å². The number of hydrogen-bond acceptors (Lipinski definition) is 5. The standard InChI is InChI=1S/C13H19NO3S/c1-3-10(13(15)16-2)12-14-11(8-18-12)9-4-6-17-7-5-9/h8-10H,3-7H2,1-2H3. The third-order valence-electron chi connectivity index (χ3n) is 3.37. The highest BCUT2D eigenvalue weighted by Gasteiger charge is 2.25. The maximum atomic E-state index is 11.7. The van der Waals surface area contributed by atoms with Gasteiger partial charge in [0.2, 0.25) is 0 Å². The zero-order valence-electron chi connectivity index (χ0n) is 10.8. The first-order chi connectivity index (χ1) is 8.76. The molecule has 1 aromatic rings. The Kier molecular flexibility index (Phi) is 4.72. The average Bonchev–Trinajstić information content (AvgIpc) is 2.90. The lowest BCUT2D eigenvalue weighted by atomic mass is 9.97. The third-order valence-corrected chi connectivity index (χ3v) is 4.35.